The molecule has 9 heteroatoms. The van der Waals surface area contributed by atoms with Gasteiger partial charge in [-0.25, -0.2) is 4.99 Å². The minimum Gasteiger partial charge on any atom is -0.492 e. The fourth-order valence-corrected chi connectivity index (χ4v) is 3.78. The van der Waals surface area contributed by atoms with Crippen LogP contribution in [0.25, 0.3) is 0 Å². The second-order valence-electron chi connectivity index (χ2n) is 8.31. The average molecular weight is 486 g/mol. The van der Waals surface area contributed by atoms with Crippen LogP contribution >= 0.6 is 0 Å². The van der Waals surface area contributed by atoms with Crippen LogP contribution in [0.2, 0.25) is 0 Å². The molecule has 1 atom stereocenters. The Morgan fingerprint density at radius 3 is 2.09 bits per heavy atom. The normalized spacial score (nSPS) is 13.5. The molecule has 6 nitrogen and oxygen atoms in total. The number of benzene rings is 3. The molecule has 0 fully saturated rings. The van der Waals surface area contributed by atoms with Gasteiger partial charge in [-0.15, -0.1) is 13.2 Å². The third kappa shape index (κ3) is 5.79. The lowest BCUT2D eigenvalue weighted by Crippen LogP contribution is -2.21. The van der Waals surface area contributed by atoms with Gasteiger partial charge in [0.25, 0.3) is 0 Å². The highest BCUT2D eigenvalue weighted by molar-refractivity contribution is 5.95. The number of anilines is 1. The number of hydrogen-bond acceptors (Lipinski definition) is 6. The molecule has 0 bridgehead atoms. The van der Waals surface area contributed by atoms with Crippen molar-refractivity contribution >= 4 is 17.2 Å². The van der Waals surface area contributed by atoms with E-state index in [-0.39, 0.29) is 11.8 Å². The zero-order chi connectivity index (χ0) is 25.2. The van der Waals surface area contributed by atoms with Gasteiger partial charge in [-0.2, -0.15) is 0 Å². The molecule has 3 aromatic carbocycles. The molecule has 1 heterocycles. The van der Waals surface area contributed by atoms with Gasteiger partial charge >= 0.3 is 6.36 Å². The van der Waals surface area contributed by atoms with Crippen LogP contribution in [0.15, 0.2) is 65.7 Å². The number of alkyl halides is 3. The topological polar surface area (TPSA) is 55.3 Å². The summed E-state index contributed by atoms with van der Waals surface area (Å²) in [5.41, 5.74) is 3.85. The van der Waals surface area contributed by atoms with E-state index in [0.29, 0.717) is 17.2 Å². The van der Waals surface area contributed by atoms with E-state index in [2.05, 4.69) is 16.1 Å². The molecule has 0 aliphatic carbocycles. The molecule has 0 radical (unpaired) electrons. The summed E-state index contributed by atoms with van der Waals surface area (Å²) in [5.74, 6) is 2.36. The fraction of sp³-hybridized carbons (Fsp3) is 0.269. The third-order valence-corrected chi connectivity index (χ3v) is 5.57. The quantitative estimate of drug-likeness (QED) is 0.403. The lowest BCUT2D eigenvalue weighted by Gasteiger charge is -2.19. The summed E-state index contributed by atoms with van der Waals surface area (Å²) < 4.78 is 52.2. The summed E-state index contributed by atoms with van der Waals surface area (Å²) in [5, 5.41) is 3.49. The smallest absolute Gasteiger partial charge is 0.492 e. The van der Waals surface area contributed by atoms with E-state index >= 15 is 0 Å². The van der Waals surface area contributed by atoms with E-state index < -0.39 is 6.36 Å². The molecule has 4 rings (SSSR count). The number of rotatable bonds is 7. The largest absolute Gasteiger partial charge is 0.573 e. The van der Waals surface area contributed by atoms with Crippen molar-refractivity contribution in [3.05, 3.63) is 71.8 Å². The lowest BCUT2D eigenvalue weighted by molar-refractivity contribution is -0.274. The third-order valence-electron chi connectivity index (χ3n) is 5.57. The summed E-state index contributed by atoms with van der Waals surface area (Å²) in [7, 11) is 5.59. The number of nitrogens with one attached hydrogen (secondary N) is 1. The first-order valence-electron chi connectivity index (χ1n) is 11.0. The molecule has 1 unspecified atom stereocenters. The molecule has 0 amide bonds. The second-order valence-corrected chi connectivity index (χ2v) is 8.31. The Morgan fingerprint density at radius 2 is 1.51 bits per heavy atom. The Hall–Kier alpha value is -3.88. The van der Waals surface area contributed by atoms with Crippen LogP contribution in [0.5, 0.6) is 23.0 Å². The number of amidine groups is 1. The highest BCUT2D eigenvalue weighted by atomic mass is 19.4. The first kappa shape index (κ1) is 24.3. The molecule has 0 saturated heterocycles. The van der Waals surface area contributed by atoms with Crippen molar-refractivity contribution in [2.45, 2.75) is 25.7 Å². The number of halogens is 3. The Bertz CT molecular complexity index is 1210. The van der Waals surface area contributed by atoms with Gasteiger partial charge in [-0.05, 0) is 60.5 Å². The molecule has 0 aromatic heterocycles. The van der Waals surface area contributed by atoms with Gasteiger partial charge < -0.3 is 24.4 Å². The van der Waals surface area contributed by atoms with Crippen molar-refractivity contribution in [3.8, 4) is 23.0 Å². The van der Waals surface area contributed by atoms with E-state index in [1.54, 1.807) is 19.2 Å². The maximum Gasteiger partial charge on any atom is 0.573 e. The number of likely N-dealkylation sites (N-methyl/N-ethyl adjacent to an activating group) is 1. The van der Waals surface area contributed by atoms with Gasteiger partial charge in [0.15, 0.2) is 5.75 Å². The zero-order valence-corrected chi connectivity index (χ0v) is 19.8. The Balaban J connectivity index is 1.43. The van der Waals surface area contributed by atoms with Crippen molar-refractivity contribution in [2.75, 3.05) is 26.5 Å². The monoisotopic (exact) mass is 485 g/mol. The number of hydrogen-bond donors (Lipinski definition) is 1. The van der Waals surface area contributed by atoms with Crippen LogP contribution in [-0.2, 0) is 6.42 Å². The molecular weight excluding hydrogens is 459 g/mol. The first-order valence-corrected chi connectivity index (χ1v) is 11.0. The van der Waals surface area contributed by atoms with Crippen molar-refractivity contribution in [2.24, 2.45) is 4.99 Å². The number of aliphatic imine (C=N–C) groups is 1. The van der Waals surface area contributed by atoms with Gasteiger partial charge in [0.2, 0.25) is 0 Å². The van der Waals surface area contributed by atoms with Crippen LogP contribution in [0.3, 0.4) is 0 Å². The average Bonchev–Trinajstić information content (AvgIpc) is 3.25. The van der Waals surface area contributed by atoms with E-state index in [9.17, 15) is 13.2 Å². The maximum absolute atomic E-state index is 12.3. The van der Waals surface area contributed by atoms with Gasteiger partial charge in [0.05, 0.1) is 12.8 Å². The summed E-state index contributed by atoms with van der Waals surface area (Å²) in [6.45, 7) is 2.04. The SMILES string of the molecule is COc1c(NC(C)c2ccc(Oc3ccc(OC(F)(F)F)cc3)cc2)ccc2c1N=C(N(C)C)C2. The van der Waals surface area contributed by atoms with Crippen molar-refractivity contribution in [3.63, 3.8) is 0 Å². The van der Waals surface area contributed by atoms with Crippen LogP contribution < -0.4 is 19.5 Å². The van der Waals surface area contributed by atoms with Gasteiger partial charge in [-0.3, -0.25) is 0 Å². The van der Waals surface area contributed by atoms with E-state index in [1.807, 2.05) is 44.1 Å². The molecule has 0 spiro atoms. The Labute approximate surface area is 202 Å². The summed E-state index contributed by atoms with van der Waals surface area (Å²) in [4.78, 5) is 6.74. The molecule has 35 heavy (non-hydrogen) atoms. The summed E-state index contributed by atoms with van der Waals surface area (Å²) in [6, 6.07) is 16.8. The maximum atomic E-state index is 12.3. The van der Waals surface area contributed by atoms with Crippen molar-refractivity contribution in [1.82, 2.24) is 4.90 Å². The van der Waals surface area contributed by atoms with Gasteiger partial charge in [-0.1, -0.05) is 18.2 Å². The van der Waals surface area contributed by atoms with E-state index in [1.165, 1.54) is 24.3 Å². The number of methoxy groups -OCH3 is 1. The zero-order valence-electron chi connectivity index (χ0n) is 19.8. The lowest BCUT2D eigenvalue weighted by atomic mass is 10.1. The van der Waals surface area contributed by atoms with Crippen molar-refractivity contribution in [1.29, 1.82) is 0 Å². The van der Waals surface area contributed by atoms with Crippen LogP contribution in [0.1, 0.15) is 24.1 Å². The Kier molecular flexibility index (Phi) is 6.77. The number of ether oxygens (including phenoxy) is 3. The summed E-state index contributed by atoms with van der Waals surface area (Å²) >= 11 is 0. The van der Waals surface area contributed by atoms with Crippen LogP contribution in [0.4, 0.5) is 24.5 Å². The minimum atomic E-state index is -4.73. The predicted molar refractivity (Wildman–Crippen MR) is 129 cm³/mol. The number of fused-ring (bicyclic) bond motifs is 1. The molecule has 1 N–H and O–H groups in total. The minimum absolute atomic E-state index is 0.0338. The summed E-state index contributed by atoms with van der Waals surface area (Å²) in [6.07, 6.45) is -3.96. The Morgan fingerprint density at radius 1 is 0.914 bits per heavy atom. The fourth-order valence-electron chi connectivity index (χ4n) is 3.78. The highest BCUT2D eigenvalue weighted by Gasteiger charge is 2.31. The number of nitrogens with zero attached hydrogens (tertiary/aromatic N) is 2. The van der Waals surface area contributed by atoms with Crippen molar-refractivity contribution < 1.29 is 27.4 Å². The molecular formula is C26H26F3N3O3. The molecule has 3 aromatic rings. The second kappa shape index (κ2) is 9.77. The first-order chi connectivity index (χ1) is 16.6. The van der Waals surface area contributed by atoms with Crippen LogP contribution in [0, 0.1) is 0 Å². The van der Waals surface area contributed by atoms with Gasteiger partial charge in [0, 0.05) is 26.6 Å². The molecule has 1 aliphatic rings. The van der Waals surface area contributed by atoms with Crippen LogP contribution in [-0.4, -0.2) is 38.3 Å². The molecule has 184 valence electrons. The van der Waals surface area contributed by atoms with Gasteiger partial charge in [0.1, 0.15) is 28.8 Å². The molecule has 0 saturated carbocycles. The predicted octanol–water partition coefficient (Wildman–Crippen LogP) is 6.71. The van der Waals surface area contributed by atoms with E-state index in [4.69, 9.17) is 14.5 Å². The standard InChI is InChI=1S/C26H26F3N3O3/c1-16(30-22-14-7-18-15-23(32(2)3)31-24(18)25(22)33-4)17-5-8-19(9-6-17)34-20-10-12-21(13-11-20)35-26(27,28)29/h5-14,16,30H,15H2,1-4H3. The molecule has 1 aliphatic heterocycles. The highest BCUT2D eigenvalue weighted by Crippen LogP contribution is 2.43. The van der Waals surface area contributed by atoms with E-state index in [0.717, 1.165) is 34.8 Å².